The number of benzene rings is 1. The first-order chi connectivity index (χ1) is 8.74. The minimum atomic E-state index is -0.201. The molecule has 0 unspecified atom stereocenters. The van der Waals surface area contributed by atoms with Gasteiger partial charge in [0.25, 0.3) is 0 Å². The fraction of sp³-hybridized carbons (Fsp3) is 0.273. The second kappa shape index (κ2) is 5.51. The Kier molecular flexibility index (Phi) is 3.79. The molecule has 0 saturated heterocycles. The number of hydrogen-bond donors (Lipinski definition) is 0. The maximum absolute atomic E-state index is 8.80. The Morgan fingerprint density at radius 2 is 2.11 bits per heavy atom. The second-order valence-corrected chi connectivity index (χ2v) is 4.77. The Morgan fingerprint density at radius 3 is 2.72 bits per heavy atom. The van der Waals surface area contributed by atoms with Gasteiger partial charge in [-0.3, -0.25) is 0 Å². The maximum atomic E-state index is 8.80. The minimum absolute atomic E-state index is 0.201. The molecule has 0 aliphatic heterocycles. The number of nitrogens with zero attached hydrogens (tertiary/aromatic N) is 5. The van der Waals surface area contributed by atoms with E-state index in [1.54, 1.807) is 18.7 Å². The molecule has 1 heterocycles. The van der Waals surface area contributed by atoms with Gasteiger partial charge in [-0.1, -0.05) is 11.8 Å². The van der Waals surface area contributed by atoms with Crippen LogP contribution in [-0.2, 0) is 0 Å². The molecule has 2 aromatic rings. The number of aromatic nitrogens is 4. The van der Waals surface area contributed by atoms with E-state index in [2.05, 4.69) is 21.6 Å². The van der Waals surface area contributed by atoms with Gasteiger partial charge in [0.05, 0.1) is 24.1 Å². The summed E-state index contributed by atoms with van der Waals surface area (Å²) >= 11 is 1.32. The van der Waals surface area contributed by atoms with Crippen molar-refractivity contribution < 1.29 is 4.74 Å². The molecule has 0 amide bonds. The summed E-state index contributed by atoms with van der Waals surface area (Å²) < 4.78 is 6.68. The van der Waals surface area contributed by atoms with E-state index in [4.69, 9.17) is 10.00 Å². The van der Waals surface area contributed by atoms with Crippen LogP contribution >= 0.6 is 11.8 Å². The lowest BCUT2D eigenvalue weighted by Crippen LogP contribution is -2.01. The molecule has 18 heavy (non-hydrogen) atoms. The van der Waals surface area contributed by atoms with Gasteiger partial charge in [-0.05, 0) is 41.6 Å². The smallest absolute Gasteiger partial charge is 0.215 e. The Balaban J connectivity index is 2.27. The Labute approximate surface area is 109 Å². The van der Waals surface area contributed by atoms with Crippen LogP contribution in [0, 0.1) is 11.3 Å². The largest absolute Gasteiger partial charge is 0.497 e. The highest BCUT2D eigenvalue weighted by molar-refractivity contribution is 8.00. The van der Waals surface area contributed by atoms with Gasteiger partial charge in [-0.25, -0.2) is 0 Å². The summed E-state index contributed by atoms with van der Waals surface area (Å²) in [7, 11) is 1.61. The monoisotopic (exact) mass is 261 g/mol. The van der Waals surface area contributed by atoms with Crippen LogP contribution in [0.1, 0.15) is 6.92 Å². The first kappa shape index (κ1) is 12.4. The van der Waals surface area contributed by atoms with Crippen molar-refractivity contribution in [2.75, 3.05) is 7.11 Å². The molecule has 0 aliphatic carbocycles. The zero-order chi connectivity index (χ0) is 13.0. The van der Waals surface area contributed by atoms with Crippen molar-refractivity contribution in [3.63, 3.8) is 0 Å². The summed E-state index contributed by atoms with van der Waals surface area (Å²) in [5.74, 6) is 0.770. The van der Waals surface area contributed by atoms with E-state index in [1.165, 1.54) is 11.8 Å². The summed E-state index contributed by atoms with van der Waals surface area (Å²) in [6.07, 6.45) is 0. The van der Waals surface area contributed by atoms with Crippen molar-refractivity contribution in [1.29, 1.82) is 5.26 Å². The molecule has 0 radical (unpaired) electrons. The highest BCUT2D eigenvalue weighted by Crippen LogP contribution is 2.23. The SMILES string of the molecule is COc1ccc(-n2nnnc2S[C@@H](C)C#N)cc1. The molecule has 92 valence electrons. The molecular weight excluding hydrogens is 250 g/mol. The van der Waals surface area contributed by atoms with Crippen molar-refractivity contribution in [3.05, 3.63) is 24.3 Å². The average Bonchev–Trinajstić information content (AvgIpc) is 2.86. The van der Waals surface area contributed by atoms with Gasteiger partial charge < -0.3 is 4.74 Å². The quantitative estimate of drug-likeness (QED) is 0.779. The molecule has 2 rings (SSSR count). The van der Waals surface area contributed by atoms with Crippen molar-refractivity contribution >= 4 is 11.8 Å². The number of thioether (sulfide) groups is 1. The molecule has 0 saturated carbocycles. The van der Waals surface area contributed by atoms with Gasteiger partial charge in [0.2, 0.25) is 5.16 Å². The fourth-order valence-corrected chi connectivity index (χ4v) is 2.02. The second-order valence-electron chi connectivity index (χ2n) is 3.46. The molecule has 1 atom stereocenters. The van der Waals surface area contributed by atoms with Crippen LogP contribution < -0.4 is 4.74 Å². The summed E-state index contributed by atoms with van der Waals surface area (Å²) in [4.78, 5) is 0. The lowest BCUT2D eigenvalue weighted by Gasteiger charge is -2.05. The van der Waals surface area contributed by atoms with Gasteiger partial charge in [0.15, 0.2) is 0 Å². The number of hydrogen-bond acceptors (Lipinski definition) is 6. The summed E-state index contributed by atoms with van der Waals surface area (Å²) in [6.45, 7) is 1.80. The normalized spacial score (nSPS) is 11.8. The summed E-state index contributed by atoms with van der Waals surface area (Å²) in [5.41, 5.74) is 0.827. The highest BCUT2D eigenvalue weighted by atomic mass is 32.2. The number of ether oxygens (including phenoxy) is 1. The van der Waals surface area contributed by atoms with Crippen LogP contribution in [0.15, 0.2) is 29.4 Å². The zero-order valence-corrected chi connectivity index (χ0v) is 10.8. The molecule has 0 bridgehead atoms. The van der Waals surface area contributed by atoms with E-state index in [-0.39, 0.29) is 5.25 Å². The van der Waals surface area contributed by atoms with E-state index in [9.17, 15) is 0 Å². The van der Waals surface area contributed by atoms with Gasteiger partial charge >= 0.3 is 0 Å². The molecule has 0 aliphatic rings. The van der Waals surface area contributed by atoms with Crippen molar-refractivity contribution in [2.24, 2.45) is 0 Å². The molecule has 6 nitrogen and oxygen atoms in total. The Hall–Kier alpha value is -2.07. The number of nitriles is 1. The van der Waals surface area contributed by atoms with Gasteiger partial charge in [0.1, 0.15) is 5.75 Å². The Bertz CT molecular complexity index is 560. The number of tetrazole rings is 1. The average molecular weight is 261 g/mol. The van der Waals surface area contributed by atoms with Crippen molar-refractivity contribution in [2.45, 2.75) is 17.3 Å². The molecule has 1 aromatic heterocycles. The molecular formula is C11H11N5OS. The maximum Gasteiger partial charge on any atom is 0.215 e. The minimum Gasteiger partial charge on any atom is -0.497 e. The predicted octanol–water partition coefficient (Wildman–Crippen LogP) is 1.68. The van der Waals surface area contributed by atoms with E-state index in [0.717, 1.165) is 11.4 Å². The van der Waals surface area contributed by atoms with E-state index < -0.39 is 0 Å². The van der Waals surface area contributed by atoms with E-state index in [1.807, 2.05) is 24.3 Å². The van der Waals surface area contributed by atoms with Crippen LogP contribution in [-0.4, -0.2) is 32.6 Å². The predicted molar refractivity (Wildman–Crippen MR) is 66.6 cm³/mol. The molecule has 0 spiro atoms. The number of rotatable bonds is 4. The first-order valence-corrected chi connectivity index (χ1v) is 6.11. The van der Waals surface area contributed by atoms with Gasteiger partial charge in [-0.2, -0.15) is 9.94 Å². The third-order valence-electron chi connectivity index (χ3n) is 2.22. The Morgan fingerprint density at radius 1 is 1.39 bits per heavy atom. The van der Waals surface area contributed by atoms with E-state index >= 15 is 0 Å². The lowest BCUT2D eigenvalue weighted by molar-refractivity contribution is 0.414. The highest BCUT2D eigenvalue weighted by Gasteiger charge is 2.12. The van der Waals surface area contributed by atoms with Crippen LogP contribution in [0.3, 0.4) is 0 Å². The number of methoxy groups -OCH3 is 1. The first-order valence-electron chi connectivity index (χ1n) is 5.23. The standard InChI is InChI=1S/C11H11N5OS/c1-8(7-12)18-11-13-14-15-16(11)9-3-5-10(17-2)6-4-9/h3-6,8H,1-2H3/t8-/m0/s1. The molecule has 0 fully saturated rings. The topological polar surface area (TPSA) is 76.6 Å². The van der Waals surface area contributed by atoms with Crippen LogP contribution in [0.2, 0.25) is 0 Å². The van der Waals surface area contributed by atoms with Gasteiger partial charge in [0, 0.05) is 0 Å². The lowest BCUT2D eigenvalue weighted by atomic mass is 10.3. The van der Waals surface area contributed by atoms with E-state index in [0.29, 0.717) is 5.16 Å². The van der Waals surface area contributed by atoms with Crippen molar-refractivity contribution in [1.82, 2.24) is 20.2 Å². The zero-order valence-electron chi connectivity index (χ0n) is 9.94. The van der Waals surface area contributed by atoms with Crippen LogP contribution in [0.4, 0.5) is 0 Å². The molecule has 7 heteroatoms. The third kappa shape index (κ3) is 2.60. The fourth-order valence-electron chi connectivity index (χ4n) is 1.32. The molecule has 1 aromatic carbocycles. The molecule has 0 N–H and O–H groups in total. The summed E-state index contributed by atoms with van der Waals surface area (Å²) in [6, 6.07) is 9.51. The third-order valence-corrected chi connectivity index (χ3v) is 3.15. The van der Waals surface area contributed by atoms with Gasteiger partial charge in [-0.15, -0.1) is 5.10 Å². The van der Waals surface area contributed by atoms with Crippen LogP contribution in [0.5, 0.6) is 5.75 Å². The summed E-state index contributed by atoms with van der Waals surface area (Å²) in [5, 5.41) is 20.6. The van der Waals surface area contributed by atoms with Crippen molar-refractivity contribution in [3.8, 4) is 17.5 Å². The van der Waals surface area contributed by atoms with Crippen LogP contribution in [0.25, 0.3) is 5.69 Å².